The lowest BCUT2D eigenvalue weighted by molar-refractivity contribution is 0.0953. The molecule has 0 bridgehead atoms. The number of carbonyl (C=O) groups excluding carboxylic acids is 1. The first kappa shape index (κ1) is 14.6. The van der Waals surface area contributed by atoms with E-state index in [2.05, 4.69) is 15.6 Å². The van der Waals surface area contributed by atoms with Crippen LogP contribution >= 0.6 is 23.2 Å². The number of aryl methyl sites for hydroxylation is 1. The molecule has 0 fully saturated rings. The van der Waals surface area contributed by atoms with Crippen molar-refractivity contribution >= 4 is 34.8 Å². The summed E-state index contributed by atoms with van der Waals surface area (Å²) in [5, 5.41) is 10.7. The minimum Gasteiger partial charge on any atom is -0.399 e. The predicted octanol–water partition coefficient (Wildman–Crippen LogP) is 1.99. The molecular weight excluding hydrogens is 301 g/mol. The highest BCUT2D eigenvalue weighted by atomic mass is 35.5. The third-order valence-corrected chi connectivity index (χ3v) is 3.42. The number of hydrogen-bond acceptors (Lipinski definition) is 4. The zero-order valence-electron chi connectivity index (χ0n) is 10.5. The van der Waals surface area contributed by atoms with E-state index in [1.165, 1.54) is 12.1 Å². The molecule has 0 aliphatic carbocycles. The molecule has 0 spiro atoms. The first-order chi connectivity index (χ1) is 9.58. The zero-order valence-corrected chi connectivity index (χ0v) is 12.0. The Kier molecular flexibility index (Phi) is 4.81. The number of nitrogen functional groups attached to an aromatic ring is 1. The lowest BCUT2D eigenvalue weighted by atomic mass is 10.2. The topological polar surface area (TPSA) is 85.8 Å². The third-order valence-electron chi connectivity index (χ3n) is 2.62. The van der Waals surface area contributed by atoms with Crippen LogP contribution in [0.1, 0.15) is 16.8 Å². The second kappa shape index (κ2) is 6.58. The molecule has 20 heavy (non-hydrogen) atoms. The molecule has 106 valence electrons. The van der Waals surface area contributed by atoms with Gasteiger partial charge in [-0.1, -0.05) is 28.4 Å². The van der Waals surface area contributed by atoms with E-state index in [1.54, 1.807) is 17.1 Å². The summed E-state index contributed by atoms with van der Waals surface area (Å²) in [7, 11) is 0. The number of anilines is 1. The van der Waals surface area contributed by atoms with Gasteiger partial charge in [-0.05, 0) is 18.6 Å². The van der Waals surface area contributed by atoms with Gasteiger partial charge in [0.1, 0.15) is 0 Å². The molecule has 0 aliphatic heterocycles. The van der Waals surface area contributed by atoms with Gasteiger partial charge in [0.2, 0.25) is 0 Å². The second-order valence-electron chi connectivity index (χ2n) is 4.14. The Balaban J connectivity index is 1.89. The minimum atomic E-state index is -0.303. The van der Waals surface area contributed by atoms with E-state index in [4.69, 9.17) is 28.9 Å². The van der Waals surface area contributed by atoms with Gasteiger partial charge in [0.05, 0.1) is 21.8 Å². The molecule has 1 amide bonds. The highest BCUT2D eigenvalue weighted by molar-refractivity contribution is 6.44. The van der Waals surface area contributed by atoms with Crippen LogP contribution in [0.15, 0.2) is 24.5 Å². The molecular formula is C12H13Cl2N5O. The van der Waals surface area contributed by atoms with Crippen LogP contribution in [0.5, 0.6) is 0 Å². The summed E-state index contributed by atoms with van der Waals surface area (Å²) in [6.07, 6.45) is 4.09. The number of amides is 1. The average molecular weight is 314 g/mol. The van der Waals surface area contributed by atoms with Gasteiger partial charge in [0.15, 0.2) is 0 Å². The Morgan fingerprint density at radius 2 is 2.20 bits per heavy atom. The number of benzene rings is 1. The van der Waals surface area contributed by atoms with Gasteiger partial charge in [-0.2, -0.15) is 0 Å². The van der Waals surface area contributed by atoms with Crippen LogP contribution in [-0.2, 0) is 6.54 Å². The van der Waals surface area contributed by atoms with Crippen LogP contribution in [0.2, 0.25) is 10.0 Å². The van der Waals surface area contributed by atoms with E-state index in [-0.39, 0.29) is 21.5 Å². The second-order valence-corrected chi connectivity index (χ2v) is 4.93. The van der Waals surface area contributed by atoms with E-state index in [0.717, 1.165) is 6.42 Å². The fourth-order valence-corrected chi connectivity index (χ4v) is 2.09. The van der Waals surface area contributed by atoms with E-state index in [9.17, 15) is 4.79 Å². The van der Waals surface area contributed by atoms with Gasteiger partial charge in [-0.25, -0.2) is 0 Å². The van der Waals surface area contributed by atoms with Crippen molar-refractivity contribution in [3.05, 3.63) is 40.1 Å². The summed E-state index contributed by atoms with van der Waals surface area (Å²) in [5.74, 6) is -0.303. The van der Waals surface area contributed by atoms with Crippen molar-refractivity contribution in [1.82, 2.24) is 20.3 Å². The SMILES string of the molecule is Nc1cc(Cl)c(Cl)c(C(=O)NCCCn2ccnn2)c1. The van der Waals surface area contributed by atoms with Crippen molar-refractivity contribution in [2.24, 2.45) is 0 Å². The lowest BCUT2D eigenvalue weighted by Crippen LogP contribution is -2.25. The number of hydrogen-bond donors (Lipinski definition) is 2. The minimum absolute atomic E-state index is 0.203. The van der Waals surface area contributed by atoms with Crippen LogP contribution in [0.3, 0.4) is 0 Å². The molecule has 6 nitrogen and oxygen atoms in total. The molecule has 3 N–H and O–H groups in total. The van der Waals surface area contributed by atoms with E-state index in [1.807, 2.05) is 0 Å². The first-order valence-corrected chi connectivity index (χ1v) is 6.70. The van der Waals surface area contributed by atoms with Crippen molar-refractivity contribution in [3.8, 4) is 0 Å². The third kappa shape index (κ3) is 3.61. The summed E-state index contributed by atoms with van der Waals surface area (Å²) in [6.45, 7) is 1.16. The number of carbonyl (C=O) groups is 1. The summed E-state index contributed by atoms with van der Waals surface area (Å²) in [6, 6.07) is 3.01. The molecule has 0 radical (unpaired) electrons. The Bertz CT molecular complexity index is 600. The largest absolute Gasteiger partial charge is 0.399 e. The Hall–Kier alpha value is -1.79. The highest BCUT2D eigenvalue weighted by Gasteiger charge is 2.13. The fourth-order valence-electron chi connectivity index (χ4n) is 1.67. The maximum Gasteiger partial charge on any atom is 0.252 e. The predicted molar refractivity (Wildman–Crippen MR) is 77.8 cm³/mol. The molecule has 0 unspecified atom stereocenters. The van der Waals surface area contributed by atoms with E-state index >= 15 is 0 Å². The number of aromatic nitrogens is 3. The number of halogens is 2. The molecule has 0 atom stereocenters. The van der Waals surface area contributed by atoms with Gasteiger partial charge in [0, 0.05) is 25.0 Å². The van der Waals surface area contributed by atoms with Crippen LogP contribution in [0.4, 0.5) is 5.69 Å². The van der Waals surface area contributed by atoms with Crippen molar-refractivity contribution in [1.29, 1.82) is 0 Å². The van der Waals surface area contributed by atoms with Gasteiger partial charge in [-0.15, -0.1) is 5.10 Å². The summed E-state index contributed by atoms with van der Waals surface area (Å²) < 4.78 is 1.69. The molecule has 2 aromatic rings. The summed E-state index contributed by atoms with van der Waals surface area (Å²) in [4.78, 5) is 12.0. The van der Waals surface area contributed by atoms with E-state index in [0.29, 0.717) is 18.8 Å². The maximum atomic E-state index is 12.0. The Labute approximate surface area is 125 Å². The number of rotatable bonds is 5. The monoisotopic (exact) mass is 313 g/mol. The Morgan fingerprint density at radius 3 is 2.90 bits per heavy atom. The number of nitrogens with zero attached hydrogens (tertiary/aromatic N) is 3. The van der Waals surface area contributed by atoms with Crippen LogP contribution in [-0.4, -0.2) is 27.4 Å². The normalized spacial score (nSPS) is 10.5. The van der Waals surface area contributed by atoms with Crippen LogP contribution in [0, 0.1) is 0 Å². The molecule has 0 saturated carbocycles. The first-order valence-electron chi connectivity index (χ1n) is 5.94. The van der Waals surface area contributed by atoms with Crippen molar-refractivity contribution in [2.45, 2.75) is 13.0 Å². The quantitative estimate of drug-likeness (QED) is 0.653. The molecule has 1 heterocycles. The van der Waals surface area contributed by atoms with Gasteiger partial charge in [-0.3, -0.25) is 9.48 Å². The fraction of sp³-hybridized carbons (Fsp3) is 0.250. The van der Waals surface area contributed by atoms with E-state index < -0.39 is 0 Å². The number of nitrogens with two attached hydrogens (primary N) is 1. The summed E-state index contributed by atoms with van der Waals surface area (Å²) >= 11 is 11.9. The van der Waals surface area contributed by atoms with Crippen LogP contribution < -0.4 is 11.1 Å². The summed E-state index contributed by atoms with van der Waals surface area (Å²) in [5.41, 5.74) is 6.31. The number of nitrogens with one attached hydrogen (secondary N) is 1. The zero-order chi connectivity index (χ0) is 14.5. The van der Waals surface area contributed by atoms with Gasteiger partial charge >= 0.3 is 0 Å². The molecule has 1 aromatic carbocycles. The molecule has 0 aliphatic rings. The molecule has 0 saturated heterocycles. The van der Waals surface area contributed by atoms with Crippen molar-refractivity contribution in [2.75, 3.05) is 12.3 Å². The van der Waals surface area contributed by atoms with Crippen molar-refractivity contribution in [3.63, 3.8) is 0 Å². The molecule has 1 aromatic heterocycles. The molecule has 8 heteroatoms. The Morgan fingerprint density at radius 1 is 1.40 bits per heavy atom. The highest BCUT2D eigenvalue weighted by Crippen LogP contribution is 2.28. The van der Waals surface area contributed by atoms with Crippen LogP contribution in [0.25, 0.3) is 0 Å². The smallest absolute Gasteiger partial charge is 0.252 e. The van der Waals surface area contributed by atoms with Gasteiger partial charge < -0.3 is 11.1 Å². The lowest BCUT2D eigenvalue weighted by Gasteiger charge is -2.08. The standard InChI is InChI=1S/C12H13Cl2N5O/c13-10-7-8(15)6-9(11(10)14)12(20)16-2-1-4-19-5-3-17-18-19/h3,5-7H,1-2,4,15H2,(H,16,20). The van der Waals surface area contributed by atoms with Gasteiger partial charge in [0.25, 0.3) is 5.91 Å². The van der Waals surface area contributed by atoms with Crippen molar-refractivity contribution < 1.29 is 4.79 Å². The average Bonchev–Trinajstić information content (AvgIpc) is 2.91. The maximum absolute atomic E-state index is 12.0. The molecule has 2 rings (SSSR count).